The molecule has 2 aliphatic carbocycles. The molecule has 2 heteroatoms. The molecular formula is C17H30O2. The zero-order valence-electron chi connectivity index (χ0n) is 12.8. The predicted octanol–water partition coefficient (Wildman–Crippen LogP) is 4.59. The Hall–Kier alpha value is -0.530. The first-order valence-corrected chi connectivity index (χ1v) is 8.25. The molecule has 0 aromatic carbocycles. The Morgan fingerprint density at radius 2 is 1.79 bits per heavy atom. The third-order valence-corrected chi connectivity index (χ3v) is 6.15. The highest BCUT2D eigenvalue weighted by Gasteiger charge is 2.40. The summed E-state index contributed by atoms with van der Waals surface area (Å²) < 4.78 is 0. The second kappa shape index (κ2) is 6.28. The van der Waals surface area contributed by atoms with E-state index in [1.807, 2.05) is 0 Å². The average molecular weight is 266 g/mol. The third kappa shape index (κ3) is 3.32. The molecular weight excluding hydrogens is 236 g/mol. The van der Waals surface area contributed by atoms with E-state index in [1.165, 1.54) is 32.1 Å². The zero-order chi connectivity index (χ0) is 14.0. The summed E-state index contributed by atoms with van der Waals surface area (Å²) in [5.74, 6) is 2.89. The molecule has 19 heavy (non-hydrogen) atoms. The summed E-state index contributed by atoms with van der Waals surface area (Å²) >= 11 is 0. The van der Waals surface area contributed by atoms with E-state index in [1.54, 1.807) is 0 Å². The van der Waals surface area contributed by atoms with E-state index in [9.17, 15) is 9.90 Å². The lowest BCUT2D eigenvalue weighted by Crippen LogP contribution is -2.38. The van der Waals surface area contributed by atoms with Gasteiger partial charge in [0.15, 0.2) is 0 Å². The summed E-state index contributed by atoms with van der Waals surface area (Å²) in [4.78, 5) is 11.5. The molecule has 110 valence electrons. The van der Waals surface area contributed by atoms with Crippen molar-refractivity contribution in [3.05, 3.63) is 0 Å². The lowest BCUT2D eigenvalue weighted by atomic mass is 9.62. The lowest BCUT2D eigenvalue weighted by Gasteiger charge is -2.43. The molecule has 1 N–H and O–H groups in total. The maximum Gasteiger partial charge on any atom is 0.306 e. The summed E-state index contributed by atoms with van der Waals surface area (Å²) in [7, 11) is 0. The molecule has 0 aromatic heterocycles. The van der Waals surface area contributed by atoms with Crippen LogP contribution >= 0.6 is 0 Å². The standard InChI is InChI=1S/C17H30O2/c1-4-13-6-8-15(17(18)19)16(10-13)14-7-5-11(2)12(3)9-14/h11-16H,4-10H2,1-3H3,(H,18,19). The molecule has 2 fully saturated rings. The molecule has 6 unspecified atom stereocenters. The van der Waals surface area contributed by atoms with E-state index < -0.39 is 5.97 Å². The fraction of sp³-hybridized carbons (Fsp3) is 0.941. The Bertz CT molecular complexity index is 312. The van der Waals surface area contributed by atoms with Crippen molar-refractivity contribution in [1.29, 1.82) is 0 Å². The number of carboxylic acid groups (broad SMARTS) is 1. The van der Waals surface area contributed by atoms with Crippen LogP contribution in [0.2, 0.25) is 0 Å². The van der Waals surface area contributed by atoms with Gasteiger partial charge in [0.25, 0.3) is 0 Å². The van der Waals surface area contributed by atoms with Gasteiger partial charge in [-0.2, -0.15) is 0 Å². The van der Waals surface area contributed by atoms with Crippen LogP contribution in [0.5, 0.6) is 0 Å². The van der Waals surface area contributed by atoms with Crippen LogP contribution in [0, 0.1) is 35.5 Å². The van der Waals surface area contributed by atoms with Crippen LogP contribution in [0.15, 0.2) is 0 Å². The summed E-state index contributed by atoms with van der Waals surface area (Å²) in [6, 6.07) is 0. The van der Waals surface area contributed by atoms with Gasteiger partial charge >= 0.3 is 5.97 Å². The van der Waals surface area contributed by atoms with Crippen molar-refractivity contribution < 1.29 is 9.90 Å². The van der Waals surface area contributed by atoms with Gasteiger partial charge in [0.1, 0.15) is 0 Å². The molecule has 2 aliphatic rings. The third-order valence-electron chi connectivity index (χ3n) is 6.15. The van der Waals surface area contributed by atoms with Crippen LogP contribution in [0.4, 0.5) is 0 Å². The molecule has 0 bridgehead atoms. The fourth-order valence-corrected chi connectivity index (χ4v) is 4.47. The SMILES string of the molecule is CCC1CCC(C(=O)O)C(C2CCC(C)C(C)C2)C1. The molecule has 0 amide bonds. The van der Waals surface area contributed by atoms with Crippen LogP contribution in [0.3, 0.4) is 0 Å². The topological polar surface area (TPSA) is 37.3 Å². The first-order valence-electron chi connectivity index (χ1n) is 8.25. The molecule has 6 atom stereocenters. The van der Waals surface area contributed by atoms with Crippen molar-refractivity contribution in [3.8, 4) is 0 Å². The summed E-state index contributed by atoms with van der Waals surface area (Å²) in [5, 5.41) is 9.52. The lowest BCUT2D eigenvalue weighted by molar-refractivity contribution is -0.147. The highest BCUT2D eigenvalue weighted by atomic mass is 16.4. The Balaban J connectivity index is 2.06. The van der Waals surface area contributed by atoms with E-state index in [-0.39, 0.29) is 5.92 Å². The number of carbonyl (C=O) groups is 1. The molecule has 2 saturated carbocycles. The van der Waals surface area contributed by atoms with Crippen molar-refractivity contribution in [2.24, 2.45) is 35.5 Å². The van der Waals surface area contributed by atoms with Gasteiger partial charge in [-0.25, -0.2) is 0 Å². The van der Waals surface area contributed by atoms with E-state index in [0.717, 1.165) is 30.6 Å². The molecule has 0 spiro atoms. The highest BCUT2D eigenvalue weighted by molar-refractivity contribution is 5.70. The van der Waals surface area contributed by atoms with Crippen molar-refractivity contribution in [2.45, 2.75) is 65.7 Å². The monoisotopic (exact) mass is 266 g/mol. The van der Waals surface area contributed by atoms with Gasteiger partial charge in [-0.05, 0) is 61.7 Å². The van der Waals surface area contributed by atoms with Gasteiger partial charge in [0.2, 0.25) is 0 Å². The van der Waals surface area contributed by atoms with E-state index >= 15 is 0 Å². The molecule has 0 aliphatic heterocycles. The van der Waals surface area contributed by atoms with Crippen LogP contribution in [-0.2, 0) is 4.79 Å². The Morgan fingerprint density at radius 1 is 1.05 bits per heavy atom. The number of rotatable bonds is 3. The summed E-state index contributed by atoms with van der Waals surface area (Å²) in [6.45, 7) is 6.96. The Morgan fingerprint density at radius 3 is 2.37 bits per heavy atom. The van der Waals surface area contributed by atoms with Crippen LogP contribution in [-0.4, -0.2) is 11.1 Å². The molecule has 0 radical (unpaired) electrons. The van der Waals surface area contributed by atoms with Crippen LogP contribution < -0.4 is 0 Å². The van der Waals surface area contributed by atoms with E-state index in [4.69, 9.17) is 0 Å². The van der Waals surface area contributed by atoms with Gasteiger partial charge in [0, 0.05) is 0 Å². The number of carboxylic acids is 1. The first kappa shape index (κ1) is 14.9. The molecule has 0 heterocycles. The largest absolute Gasteiger partial charge is 0.481 e. The van der Waals surface area contributed by atoms with E-state index in [2.05, 4.69) is 20.8 Å². The number of hydrogen-bond acceptors (Lipinski definition) is 1. The maximum absolute atomic E-state index is 11.5. The second-order valence-corrected chi connectivity index (χ2v) is 7.22. The minimum atomic E-state index is -0.536. The quantitative estimate of drug-likeness (QED) is 0.811. The van der Waals surface area contributed by atoms with Crippen molar-refractivity contribution in [2.75, 3.05) is 0 Å². The smallest absolute Gasteiger partial charge is 0.306 e. The summed E-state index contributed by atoms with van der Waals surface area (Å²) in [5.41, 5.74) is 0. The van der Waals surface area contributed by atoms with Crippen molar-refractivity contribution in [3.63, 3.8) is 0 Å². The zero-order valence-corrected chi connectivity index (χ0v) is 12.8. The molecule has 2 rings (SSSR count). The normalized spacial score (nSPS) is 43.9. The first-order chi connectivity index (χ1) is 9.02. The number of aliphatic carboxylic acids is 1. The minimum absolute atomic E-state index is 0.0617. The van der Waals surface area contributed by atoms with Crippen LogP contribution in [0.25, 0.3) is 0 Å². The molecule has 2 nitrogen and oxygen atoms in total. The minimum Gasteiger partial charge on any atom is -0.481 e. The predicted molar refractivity (Wildman–Crippen MR) is 77.9 cm³/mol. The Kier molecular flexibility index (Phi) is 4.92. The van der Waals surface area contributed by atoms with Crippen LogP contribution in [0.1, 0.15) is 65.7 Å². The van der Waals surface area contributed by atoms with Gasteiger partial charge in [0.05, 0.1) is 5.92 Å². The second-order valence-electron chi connectivity index (χ2n) is 7.22. The fourth-order valence-electron chi connectivity index (χ4n) is 4.47. The van der Waals surface area contributed by atoms with E-state index in [0.29, 0.717) is 11.8 Å². The summed E-state index contributed by atoms with van der Waals surface area (Å²) in [6.07, 6.45) is 8.25. The molecule has 0 aromatic rings. The van der Waals surface area contributed by atoms with Gasteiger partial charge in [-0.1, -0.05) is 33.6 Å². The Labute approximate surface area is 118 Å². The van der Waals surface area contributed by atoms with Gasteiger partial charge < -0.3 is 5.11 Å². The highest BCUT2D eigenvalue weighted by Crippen LogP contribution is 2.46. The number of hydrogen-bond donors (Lipinski definition) is 1. The molecule has 0 saturated heterocycles. The average Bonchev–Trinajstić information content (AvgIpc) is 2.41. The van der Waals surface area contributed by atoms with Crippen molar-refractivity contribution >= 4 is 5.97 Å². The van der Waals surface area contributed by atoms with Gasteiger partial charge in [-0.15, -0.1) is 0 Å². The maximum atomic E-state index is 11.5. The van der Waals surface area contributed by atoms with Crippen molar-refractivity contribution in [1.82, 2.24) is 0 Å². The van der Waals surface area contributed by atoms with Gasteiger partial charge in [-0.3, -0.25) is 4.79 Å².